The lowest BCUT2D eigenvalue weighted by atomic mass is 10.3. The number of aromatic nitrogens is 3. The van der Waals surface area contributed by atoms with Crippen molar-refractivity contribution < 1.29 is 4.79 Å². The molecule has 0 aliphatic carbocycles. The van der Waals surface area contributed by atoms with Gasteiger partial charge in [-0.3, -0.25) is 9.36 Å². The summed E-state index contributed by atoms with van der Waals surface area (Å²) in [5, 5.41) is 11.8. The van der Waals surface area contributed by atoms with E-state index in [1.165, 1.54) is 11.8 Å². The third-order valence-electron chi connectivity index (χ3n) is 2.85. The van der Waals surface area contributed by atoms with Crippen LogP contribution in [0, 0.1) is 0 Å². The lowest BCUT2D eigenvalue weighted by Gasteiger charge is -2.11. The van der Waals surface area contributed by atoms with Crippen LogP contribution >= 0.6 is 23.1 Å². The van der Waals surface area contributed by atoms with Crippen LogP contribution in [0.1, 0.15) is 31.2 Å². The fourth-order valence-corrected chi connectivity index (χ4v) is 3.37. The number of carbonyl (C=O) groups is 1. The summed E-state index contributed by atoms with van der Waals surface area (Å²) in [6.07, 6.45) is 0.842. The first-order valence-electron chi connectivity index (χ1n) is 6.72. The Kier molecular flexibility index (Phi) is 5.63. The van der Waals surface area contributed by atoms with E-state index in [-0.39, 0.29) is 23.4 Å². The van der Waals surface area contributed by atoms with Gasteiger partial charge in [-0.05, 0) is 24.8 Å². The maximum Gasteiger partial charge on any atom is 0.343 e. The van der Waals surface area contributed by atoms with Gasteiger partial charge in [-0.1, -0.05) is 24.8 Å². The zero-order valence-corrected chi connectivity index (χ0v) is 13.6. The summed E-state index contributed by atoms with van der Waals surface area (Å²) in [5.74, 6) is 0.170. The highest BCUT2D eigenvalue weighted by atomic mass is 32.2. The van der Waals surface area contributed by atoms with Crippen LogP contribution in [0.2, 0.25) is 0 Å². The van der Waals surface area contributed by atoms with Crippen LogP contribution in [0.25, 0.3) is 0 Å². The van der Waals surface area contributed by atoms with E-state index in [2.05, 4.69) is 15.5 Å². The minimum Gasteiger partial charge on any atom is -0.348 e. The van der Waals surface area contributed by atoms with Gasteiger partial charge in [0.2, 0.25) is 5.91 Å². The average molecular weight is 326 g/mol. The Bertz CT molecular complexity index is 633. The lowest BCUT2D eigenvalue weighted by Crippen LogP contribution is -2.28. The summed E-state index contributed by atoms with van der Waals surface area (Å²) in [6.45, 7) is 4.55. The molecule has 2 aromatic rings. The van der Waals surface area contributed by atoms with Gasteiger partial charge in [0.15, 0.2) is 5.16 Å². The first-order chi connectivity index (χ1) is 10.1. The molecular formula is C13H18N4O2S2. The molecule has 0 fully saturated rings. The second-order valence-corrected chi connectivity index (χ2v) is 6.48. The second kappa shape index (κ2) is 7.46. The zero-order chi connectivity index (χ0) is 15.2. The maximum absolute atomic E-state index is 11.9. The van der Waals surface area contributed by atoms with Crippen molar-refractivity contribution in [3.05, 3.63) is 32.9 Å². The SMILES string of the molecule is CCCn1c(SCC(=O)NC(C)c2cccs2)n[nH]c1=O. The molecule has 1 unspecified atom stereocenters. The Balaban J connectivity index is 1.88. The Morgan fingerprint density at radius 2 is 2.43 bits per heavy atom. The number of aromatic amines is 1. The van der Waals surface area contributed by atoms with Crippen molar-refractivity contribution >= 4 is 29.0 Å². The highest BCUT2D eigenvalue weighted by molar-refractivity contribution is 7.99. The minimum absolute atomic E-state index is 0.00452. The maximum atomic E-state index is 11.9. The second-order valence-electron chi connectivity index (χ2n) is 4.56. The van der Waals surface area contributed by atoms with Crippen molar-refractivity contribution in [3.63, 3.8) is 0 Å². The molecule has 0 bridgehead atoms. The van der Waals surface area contributed by atoms with Gasteiger partial charge in [0.05, 0.1) is 11.8 Å². The van der Waals surface area contributed by atoms with E-state index in [1.54, 1.807) is 15.9 Å². The van der Waals surface area contributed by atoms with Crippen LogP contribution in [0.4, 0.5) is 0 Å². The summed E-state index contributed by atoms with van der Waals surface area (Å²) in [4.78, 5) is 24.6. The van der Waals surface area contributed by atoms with Gasteiger partial charge in [0.1, 0.15) is 0 Å². The summed E-state index contributed by atoms with van der Waals surface area (Å²) in [6, 6.07) is 3.95. The molecule has 0 saturated carbocycles. The summed E-state index contributed by atoms with van der Waals surface area (Å²) in [5.41, 5.74) is -0.230. The van der Waals surface area contributed by atoms with Crippen LogP contribution in [0.5, 0.6) is 0 Å². The van der Waals surface area contributed by atoms with Crippen LogP contribution < -0.4 is 11.0 Å². The van der Waals surface area contributed by atoms with Crippen molar-refractivity contribution in [1.82, 2.24) is 20.1 Å². The fraction of sp³-hybridized carbons (Fsp3) is 0.462. The number of H-pyrrole nitrogens is 1. The number of hydrogen-bond donors (Lipinski definition) is 2. The molecule has 8 heteroatoms. The van der Waals surface area contributed by atoms with Crippen molar-refractivity contribution in [2.45, 2.75) is 38.0 Å². The highest BCUT2D eigenvalue weighted by Crippen LogP contribution is 2.19. The number of nitrogens with zero attached hydrogens (tertiary/aromatic N) is 2. The summed E-state index contributed by atoms with van der Waals surface area (Å²) in [7, 11) is 0. The largest absolute Gasteiger partial charge is 0.348 e. The van der Waals surface area contributed by atoms with E-state index in [4.69, 9.17) is 0 Å². The third-order valence-corrected chi connectivity index (χ3v) is 4.88. The molecule has 1 amide bonds. The average Bonchev–Trinajstić information content (AvgIpc) is 3.09. The normalized spacial score (nSPS) is 12.3. The molecule has 0 saturated heterocycles. The Labute approximate surface area is 131 Å². The van der Waals surface area contributed by atoms with Crippen molar-refractivity contribution in [2.24, 2.45) is 0 Å². The predicted molar refractivity (Wildman–Crippen MR) is 84.7 cm³/mol. The third kappa shape index (κ3) is 4.21. The molecule has 0 aliphatic rings. The predicted octanol–water partition coefficient (Wildman–Crippen LogP) is 2.01. The van der Waals surface area contributed by atoms with Crippen molar-refractivity contribution in [3.8, 4) is 0 Å². The van der Waals surface area contributed by atoms with E-state index >= 15 is 0 Å². The molecule has 21 heavy (non-hydrogen) atoms. The number of thiophene rings is 1. The number of carbonyl (C=O) groups excluding carboxylic acids is 1. The Morgan fingerprint density at radius 3 is 3.10 bits per heavy atom. The quantitative estimate of drug-likeness (QED) is 0.763. The van der Waals surface area contributed by atoms with Gasteiger partial charge >= 0.3 is 5.69 Å². The molecule has 2 heterocycles. The van der Waals surface area contributed by atoms with E-state index in [0.29, 0.717) is 11.7 Å². The topological polar surface area (TPSA) is 79.8 Å². The van der Waals surface area contributed by atoms with Gasteiger partial charge in [-0.25, -0.2) is 9.89 Å². The fourth-order valence-electron chi connectivity index (χ4n) is 1.86. The van der Waals surface area contributed by atoms with Crippen LogP contribution in [0.3, 0.4) is 0 Å². The smallest absolute Gasteiger partial charge is 0.343 e. The monoisotopic (exact) mass is 326 g/mol. The van der Waals surface area contributed by atoms with Crippen molar-refractivity contribution in [1.29, 1.82) is 0 Å². The minimum atomic E-state index is -0.230. The Morgan fingerprint density at radius 1 is 1.62 bits per heavy atom. The number of thioether (sulfide) groups is 1. The molecule has 6 nitrogen and oxygen atoms in total. The van der Waals surface area contributed by atoms with Crippen LogP contribution in [-0.4, -0.2) is 26.4 Å². The molecule has 2 rings (SSSR count). The van der Waals surface area contributed by atoms with Gasteiger partial charge in [0, 0.05) is 11.4 Å². The molecule has 2 N–H and O–H groups in total. The van der Waals surface area contributed by atoms with E-state index in [0.717, 1.165) is 11.3 Å². The number of amides is 1. The van der Waals surface area contributed by atoms with Crippen LogP contribution in [-0.2, 0) is 11.3 Å². The van der Waals surface area contributed by atoms with Crippen molar-refractivity contribution in [2.75, 3.05) is 5.75 Å². The molecule has 0 aromatic carbocycles. The van der Waals surface area contributed by atoms with E-state index < -0.39 is 0 Å². The standard InChI is InChI=1S/C13H18N4O2S2/c1-3-6-17-12(19)15-16-13(17)21-8-11(18)14-9(2)10-5-4-7-20-10/h4-5,7,9H,3,6,8H2,1-2H3,(H,14,18)(H,15,19). The number of nitrogens with one attached hydrogen (secondary N) is 2. The lowest BCUT2D eigenvalue weighted by molar-refractivity contribution is -0.119. The van der Waals surface area contributed by atoms with Gasteiger partial charge in [0.25, 0.3) is 0 Å². The summed E-state index contributed by atoms with van der Waals surface area (Å²) < 4.78 is 1.56. The molecule has 0 spiro atoms. The summed E-state index contributed by atoms with van der Waals surface area (Å²) >= 11 is 2.88. The molecule has 1 atom stereocenters. The Hall–Kier alpha value is -1.54. The van der Waals surface area contributed by atoms with Gasteiger partial charge < -0.3 is 5.32 Å². The van der Waals surface area contributed by atoms with E-state index in [1.807, 2.05) is 31.4 Å². The molecule has 0 radical (unpaired) electrons. The van der Waals surface area contributed by atoms with Crippen LogP contribution in [0.15, 0.2) is 27.5 Å². The molecule has 0 aliphatic heterocycles. The molecule has 114 valence electrons. The van der Waals surface area contributed by atoms with Gasteiger partial charge in [-0.2, -0.15) is 0 Å². The molecule has 2 aromatic heterocycles. The number of rotatable bonds is 7. The highest BCUT2D eigenvalue weighted by Gasteiger charge is 2.13. The molecular weight excluding hydrogens is 308 g/mol. The number of hydrogen-bond acceptors (Lipinski definition) is 5. The first-order valence-corrected chi connectivity index (χ1v) is 8.59. The van der Waals surface area contributed by atoms with Gasteiger partial charge in [-0.15, -0.1) is 16.4 Å². The van der Waals surface area contributed by atoms with E-state index in [9.17, 15) is 9.59 Å². The first kappa shape index (κ1) is 15.8. The zero-order valence-electron chi connectivity index (χ0n) is 12.0.